The highest BCUT2D eigenvalue weighted by Gasteiger charge is 2.08. The minimum Gasteiger partial charge on any atom is -0.496 e. The summed E-state index contributed by atoms with van der Waals surface area (Å²) in [5, 5.41) is 0.579. The number of hydrogen-bond donors (Lipinski definition) is 0. The lowest BCUT2D eigenvalue weighted by Gasteiger charge is -2.07. The molecule has 4 nitrogen and oxygen atoms in total. The zero-order chi connectivity index (χ0) is 12.3. The lowest BCUT2D eigenvalue weighted by molar-refractivity contribution is 0.112. The van der Waals surface area contributed by atoms with E-state index >= 15 is 0 Å². The Kier molecular flexibility index (Phi) is 3.35. The number of carbonyl (C=O) groups excluding carboxylic acids is 1. The molecule has 0 unspecified atom stereocenters. The highest BCUT2D eigenvalue weighted by molar-refractivity contribution is 6.30. The van der Waals surface area contributed by atoms with Gasteiger partial charge in [-0.05, 0) is 18.2 Å². The summed E-state index contributed by atoms with van der Waals surface area (Å²) in [6.07, 6.45) is 3.62. The molecule has 0 aliphatic carbocycles. The zero-order valence-electron chi connectivity index (χ0n) is 9.05. The van der Waals surface area contributed by atoms with Crippen LogP contribution in [-0.4, -0.2) is 23.4 Å². The molecule has 0 radical (unpaired) electrons. The third-order valence-electron chi connectivity index (χ3n) is 2.21. The average molecular weight is 249 g/mol. The third kappa shape index (κ3) is 2.42. The van der Waals surface area contributed by atoms with Crippen molar-refractivity contribution in [1.29, 1.82) is 0 Å². The van der Waals surface area contributed by atoms with Crippen LogP contribution in [0.2, 0.25) is 5.02 Å². The van der Waals surface area contributed by atoms with Gasteiger partial charge >= 0.3 is 0 Å². The van der Waals surface area contributed by atoms with Crippen molar-refractivity contribution < 1.29 is 9.53 Å². The van der Waals surface area contributed by atoms with Crippen LogP contribution >= 0.6 is 11.6 Å². The lowest BCUT2D eigenvalue weighted by Crippen LogP contribution is -1.94. The van der Waals surface area contributed by atoms with Crippen molar-refractivity contribution in [2.45, 2.75) is 0 Å². The number of nitrogens with zero attached hydrogens (tertiary/aromatic N) is 2. The first-order valence-electron chi connectivity index (χ1n) is 4.85. The van der Waals surface area contributed by atoms with E-state index in [9.17, 15) is 4.79 Å². The summed E-state index contributed by atoms with van der Waals surface area (Å²) < 4.78 is 5.20. The highest BCUT2D eigenvalue weighted by atomic mass is 35.5. The molecular formula is C12H9ClN2O2. The van der Waals surface area contributed by atoms with Gasteiger partial charge in [0.25, 0.3) is 0 Å². The van der Waals surface area contributed by atoms with E-state index in [0.29, 0.717) is 28.4 Å². The fraction of sp³-hybridized carbons (Fsp3) is 0.0833. The molecule has 1 heterocycles. The van der Waals surface area contributed by atoms with Gasteiger partial charge in [-0.25, -0.2) is 9.97 Å². The van der Waals surface area contributed by atoms with E-state index in [1.807, 2.05) is 0 Å². The van der Waals surface area contributed by atoms with E-state index in [4.69, 9.17) is 16.3 Å². The van der Waals surface area contributed by atoms with Crippen molar-refractivity contribution in [3.8, 4) is 17.1 Å². The molecule has 0 amide bonds. The Morgan fingerprint density at radius 3 is 2.59 bits per heavy atom. The molecule has 1 aromatic carbocycles. The summed E-state index contributed by atoms with van der Waals surface area (Å²) >= 11 is 5.86. The molecule has 0 fully saturated rings. The van der Waals surface area contributed by atoms with Gasteiger partial charge in [0.1, 0.15) is 5.75 Å². The molecule has 2 rings (SSSR count). The molecule has 0 bridgehead atoms. The van der Waals surface area contributed by atoms with E-state index in [1.54, 1.807) is 25.3 Å². The topological polar surface area (TPSA) is 52.1 Å². The van der Waals surface area contributed by atoms with Crippen LogP contribution in [0.3, 0.4) is 0 Å². The highest BCUT2D eigenvalue weighted by Crippen LogP contribution is 2.29. The first-order chi connectivity index (χ1) is 8.24. The normalized spacial score (nSPS) is 10.0. The van der Waals surface area contributed by atoms with Crippen molar-refractivity contribution in [2.75, 3.05) is 7.11 Å². The monoisotopic (exact) mass is 248 g/mol. The second kappa shape index (κ2) is 4.93. The Balaban J connectivity index is 2.48. The van der Waals surface area contributed by atoms with Gasteiger partial charge in [0.05, 0.1) is 18.2 Å². The van der Waals surface area contributed by atoms with Crippen LogP contribution in [0.4, 0.5) is 0 Å². The number of rotatable bonds is 3. The van der Waals surface area contributed by atoms with Gasteiger partial charge in [-0.3, -0.25) is 4.79 Å². The number of methoxy groups -OCH3 is 1. The Bertz CT molecular complexity index is 541. The van der Waals surface area contributed by atoms with Crippen molar-refractivity contribution >= 4 is 17.9 Å². The summed E-state index contributed by atoms with van der Waals surface area (Å²) in [6, 6.07) is 5.20. The maximum atomic E-state index is 10.5. The van der Waals surface area contributed by atoms with Crippen LogP contribution in [0.5, 0.6) is 5.75 Å². The smallest absolute Gasteiger partial charge is 0.162 e. The number of carbonyl (C=O) groups is 1. The Morgan fingerprint density at radius 1 is 1.29 bits per heavy atom. The van der Waals surface area contributed by atoms with Crippen LogP contribution in [0.1, 0.15) is 10.4 Å². The van der Waals surface area contributed by atoms with Crippen LogP contribution in [0, 0.1) is 0 Å². The number of benzene rings is 1. The van der Waals surface area contributed by atoms with E-state index < -0.39 is 0 Å². The van der Waals surface area contributed by atoms with Crippen LogP contribution in [0.15, 0.2) is 30.6 Å². The first kappa shape index (κ1) is 11.5. The Labute approximate surface area is 103 Å². The fourth-order valence-corrected chi connectivity index (χ4v) is 1.55. The quantitative estimate of drug-likeness (QED) is 0.784. The summed E-state index contributed by atoms with van der Waals surface area (Å²) in [5.74, 6) is 1.08. The largest absolute Gasteiger partial charge is 0.496 e. The molecule has 5 heteroatoms. The molecule has 1 aromatic heterocycles. The Morgan fingerprint density at radius 2 is 2.00 bits per heavy atom. The summed E-state index contributed by atoms with van der Waals surface area (Å²) in [5.41, 5.74) is 1.16. The van der Waals surface area contributed by atoms with Gasteiger partial charge in [0.2, 0.25) is 0 Å². The third-order valence-corrected chi connectivity index (χ3v) is 2.45. The van der Waals surface area contributed by atoms with Crippen molar-refractivity contribution in [3.05, 3.63) is 41.2 Å². The van der Waals surface area contributed by atoms with Gasteiger partial charge in [-0.15, -0.1) is 0 Å². The number of ether oxygens (including phenoxy) is 1. The number of halogens is 1. The second-order valence-corrected chi connectivity index (χ2v) is 3.74. The molecule has 0 spiro atoms. The van der Waals surface area contributed by atoms with Crippen molar-refractivity contribution in [2.24, 2.45) is 0 Å². The van der Waals surface area contributed by atoms with Crippen LogP contribution < -0.4 is 4.74 Å². The molecule has 0 saturated carbocycles. The summed E-state index contributed by atoms with van der Waals surface area (Å²) in [6.45, 7) is 0. The standard InChI is InChI=1S/C12H9ClN2O2/c1-17-11-4-9(13)2-3-10(11)12-14-5-8(7-16)6-15-12/h2-7H,1H3. The SMILES string of the molecule is COc1cc(Cl)ccc1-c1ncc(C=O)cn1. The molecular weight excluding hydrogens is 240 g/mol. The minimum absolute atomic E-state index is 0.432. The summed E-state index contributed by atoms with van der Waals surface area (Å²) in [7, 11) is 1.55. The molecule has 86 valence electrons. The maximum absolute atomic E-state index is 10.5. The van der Waals surface area contributed by atoms with Gasteiger partial charge < -0.3 is 4.74 Å². The average Bonchev–Trinajstić information content (AvgIpc) is 2.39. The van der Waals surface area contributed by atoms with Crippen LogP contribution in [-0.2, 0) is 0 Å². The van der Waals surface area contributed by atoms with E-state index in [2.05, 4.69) is 9.97 Å². The van der Waals surface area contributed by atoms with Crippen molar-refractivity contribution in [1.82, 2.24) is 9.97 Å². The summed E-state index contributed by atoms with van der Waals surface area (Å²) in [4.78, 5) is 18.7. The van der Waals surface area contributed by atoms with Gasteiger partial charge in [0.15, 0.2) is 12.1 Å². The lowest BCUT2D eigenvalue weighted by atomic mass is 10.2. The Hall–Kier alpha value is -1.94. The molecule has 0 aliphatic heterocycles. The van der Waals surface area contributed by atoms with Crippen LogP contribution in [0.25, 0.3) is 11.4 Å². The van der Waals surface area contributed by atoms with Gasteiger partial charge in [-0.1, -0.05) is 11.6 Å². The first-order valence-corrected chi connectivity index (χ1v) is 5.23. The molecule has 2 aromatic rings. The van der Waals surface area contributed by atoms with Gasteiger partial charge in [-0.2, -0.15) is 0 Å². The molecule has 0 saturated heterocycles. The number of aldehydes is 1. The van der Waals surface area contributed by atoms with Crippen molar-refractivity contribution in [3.63, 3.8) is 0 Å². The molecule has 0 N–H and O–H groups in total. The van der Waals surface area contributed by atoms with E-state index in [1.165, 1.54) is 12.4 Å². The second-order valence-electron chi connectivity index (χ2n) is 3.30. The van der Waals surface area contributed by atoms with E-state index in [0.717, 1.165) is 5.56 Å². The predicted molar refractivity (Wildman–Crippen MR) is 64.4 cm³/mol. The minimum atomic E-state index is 0.432. The predicted octanol–water partition coefficient (Wildman–Crippen LogP) is 2.62. The molecule has 0 aliphatic rings. The molecule has 0 atom stereocenters. The number of hydrogen-bond acceptors (Lipinski definition) is 4. The number of aromatic nitrogens is 2. The van der Waals surface area contributed by atoms with Gasteiger partial charge in [0, 0.05) is 17.4 Å². The molecule has 17 heavy (non-hydrogen) atoms. The fourth-order valence-electron chi connectivity index (χ4n) is 1.39. The maximum Gasteiger partial charge on any atom is 0.162 e. The zero-order valence-corrected chi connectivity index (χ0v) is 9.81. The van der Waals surface area contributed by atoms with E-state index in [-0.39, 0.29) is 0 Å².